The first-order valence-corrected chi connectivity index (χ1v) is 16.4. The molecule has 0 aliphatic carbocycles. The lowest BCUT2D eigenvalue weighted by Gasteiger charge is -2.21. The van der Waals surface area contributed by atoms with Crippen molar-refractivity contribution in [3.05, 3.63) is 0 Å². The van der Waals surface area contributed by atoms with Crippen molar-refractivity contribution in [2.75, 3.05) is 72.2 Å². The molecule has 0 aliphatic rings. The molecule has 0 aromatic heterocycles. The second-order valence-corrected chi connectivity index (χ2v) is 13.1. The summed E-state index contributed by atoms with van der Waals surface area (Å²) in [5.41, 5.74) is 2.58. The highest BCUT2D eigenvalue weighted by atomic mass is 31.2. The van der Waals surface area contributed by atoms with Crippen LogP contribution in [-0.2, 0) is 33.0 Å². The van der Waals surface area contributed by atoms with Gasteiger partial charge in [-0.25, -0.2) is 5.48 Å². The average molecular weight is 604 g/mol. The van der Waals surface area contributed by atoms with Crippen molar-refractivity contribution in [1.29, 1.82) is 0 Å². The van der Waals surface area contributed by atoms with E-state index < -0.39 is 19.8 Å². The van der Waals surface area contributed by atoms with Crippen LogP contribution in [0.4, 0.5) is 4.48 Å². The lowest BCUT2D eigenvalue weighted by molar-refractivity contribution is -0.282. The summed E-state index contributed by atoms with van der Waals surface area (Å²) in [6.07, 6.45) is 3.52. The van der Waals surface area contributed by atoms with Crippen LogP contribution in [0.3, 0.4) is 0 Å². The van der Waals surface area contributed by atoms with Crippen molar-refractivity contribution >= 4 is 13.3 Å². The molecule has 12 nitrogen and oxygen atoms in total. The Hall–Kier alpha value is -0.730. The van der Waals surface area contributed by atoms with Crippen LogP contribution in [0.2, 0.25) is 0 Å². The third-order valence-corrected chi connectivity index (χ3v) is 8.32. The lowest BCUT2D eigenvalue weighted by Crippen LogP contribution is -2.28. The number of aliphatic hydroxyl groups is 2. The summed E-state index contributed by atoms with van der Waals surface area (Å²) in [6, 6.07) is 0. The second-order valence-electron chi connectivity index (χ2n) is 10.1. The zero-order valence-electron chi connectivity index (χ0n) is 25.0. The number of hydroxylamine groups is 2. The average Bonchev–Trinajstić information content (AvgIpc) is 2.92. The molecule has 14 heteroatoms. The quantitative estimate of drug-likeness (QED) is 0.0432. The number of carbonyl (C=O) groups excluding carboxylic acids is 1. The molecule has 0 fully saturated rings. The van der Waals surface area contributed by atoms with E-state index in [1.807, 2.05) is 13.8 Å². The molecular weight excluding hydrogens is 548 g/mol. The molecule has 0 aromatic rings. The highest BCUT2D eigenvalue weighted by molar-refractivity contribution is 7.59. The maximum absolute atomic E-state index is 13.6. The summed E-state index contributed by atoms with van der Waals surface area (Å²) in [6.45, 7) is 10.9. The van der Waals surface area contributed by atoms with Crippen molar-refractivity contribution in [2.24, 2.45) is 5.92 Å². The Balaban J connectivity index is 3.39. The highest BCUT2D eigenvalue weighted by Gasteiger charge is 2.27. The molecule has 0 rings (SSSR count). The van der Waals surface area contributed by atoms with E-state index in [2.05, 4.69) is 10.8 Å². The van der Waals surface area contributed by atoms with Crippen LogP contribution in [0, 0.1) is 5.92 Å². The van der Waals surface area contributed by atoms with Gasteiger partial charge >= 0.3 is 0 Å². The Morgan fingerprint density at radius 2 is 1.60 bits per heavy atom. The van der Waals surface area contributed by atoms with Gasteiger partial charge in [-0.2, -0.15) is 0 Å². The summed E-state index contributed by atoms with van der Waals surface area (Å²) in [5.74, 6) is 0.109. The van der Waals surface area contributed by atoms with Crippen LogP contribution in [0.1, 0.15) is 72.6 Å². The van der Waals surface area contributed by atoms with Crippen LogP contribution in [-0.4, -0.2) is 105 Å². The maximum Gasteiger partial charge on any atom is 0.230 e. The van der Waals surface area contributed by atoms with Crippen LogP contribution in [0.15, 0.2) is 0 Å². The van der Waals surface area contributed by atoms with E-state index in [1.165, 1.54) is 0 Å². The fourth-order valence-corrected chi connectivity index (χ4v) is 4.17. The Bertz CT molecular complexity index is 651. The summed E-state index contributed by atoms with van der Waals surface area (Å²) in [7, 11) is -3.14. The van der Waals surface area contributed by atoms with Gasteiger partial charge in [0.25, 0.3) is 0 Å². The normalized spacial score (nSPS) is 14.2. The van der Waals surface area contributed by atoms with Crippen LogP contribution in [0.25, 0.3) is 0 Å². The van der Waals surface area contributed by atoms with Gasteiger partial charge in [0, 0.05) is 51.1 Å². The summed E-state index contributed by atoms with van der Waals surface area (Å²) in [5, 5.41) is 22.3. The first-order valence-electron chi connectivity index (χ1n) is 14.5. The number of nitrogens with one attached hydrogen (secondary N) is 2. The van der Waals surface area contributed by atoms with Gasteiger partial charge in [0.1, 0.15) is 6.35 Å². The largest absolute Gasteiger partial charge is 0.391 e. The lowest BCUT2D eigenvalue weighted by atomic mass is 10.2. The minimum atomic E-state index is -3.14. The van der Waals surface area contributed by atoms with Crippen LogP contribution in [0.5, 0.6) is 0 Å². The van der Waals surface area contributed by atoms with E-state index in [-0.39, 0.29) is 43.8 Å². The summed E-state index contributed by atoms with van der Waals surface area (Å²) in [4.78, 5) is 21.8. The molecule has 4 N–H and O–H groups in total. The molecular formula is C26H55FN3O9P. The van der Waals surface area contributed by atoms with Crippen molar-refractivity contribution in [1.82, 2.24) is 16.1 Å². The molecule has 1 amide bonds. The number of hydrogen-bond acceptors (Lipinski definition) is 11. The van der Waals surface area contributed by atoms with Crippen LogP contribution < -0.4 is 10.8 Å². The zero-order chi connectivity index (χ0) is 30.1. The molecule has 0 saturated carbocycles. The SMILES string of the molecule is CC(C)C(=O)NCCCCCONCCCOCCCN(F)OCCCOCCC(O)COP(=O)(CO)C(C)C. The Kier molecular flexibility index (Phi) is 25.5. The number of aliphatic hydroxyl groups excluding tert-OH is 2. The molecule has 240 valence electrons. The van der Waals surface area contributed by atoms with E-state index in [0.717, 1.165) is 25.7 Å². The number of rotatable bonds is 29. The highest BCUT2D eigenvalue weighted by Crippen LogP contribution is 2.50. The Morgan fingerprint density at radius 1 is 0.900 bits per heavy atom. The first kappa shape index (κ1) is 39.3. The minimum Gasteiger partial charge on any atom is -0.391 e. The number of amides is 1. The molecule has 0 bridgehead atoms. The molecule has 2 unspecified atom stereocenters. The van der Waals surface area contributed by atoms with Gasteiger partial charge in [-0.3, -0.25) is 14.2 Å². The van der Waals surface area contributed by atoms with Crippen molar-refractivity contribution < 1.29 is 47.7 Å². The zero-order valence-corrected chi connectivity index (χ0v) is 25.9. The van der Waals surface area contributed by atoms with E-state index in [4.69, 9.17) is 23.7 Å². The van der Waals surface area contributed by atoms with Gasteiger partial charge < -0.3 is 34.4 Å². The van der Waals surface area contributed by atoms with E-state index >= 15 is 0 Å². The van der Waals surface area contributed by atoms with E-state index in [0.29, 0.717) is 64.1 Å². The van der Waals surface area contributed by atoms with Crippen LogP contribution >= 0.6 is 7.37 Å². The molecule has 0 aromatic carbocycles. The van der Waals surface area contributed by atoms with E-state index in [1.54, 1.807) is 13.8 Å². The molecule has 2 atom stereocenters. The Morgan fingerprint density at radius 3 is 2.30 bits per heavy atom. The maximum atomic E-state index is 13.6. The van der Waals surface area contributed by atoms with Gasteiger partial charge in [-0.15, -0.1) is 4.48 Å². The van der Waals surface area contributed by atoms with Crippen molar-refractivity contribution in [3.8, 4) is 0 Å². The third kappa shape index (κ3) is 22.9. The number of carbonyl (C=O) groups is 1. The first-order chi connectivity index (χ1) is 19.1. The van der Waals surface area contributed by atoms with Gasteiger partial charge in [0.2, 0.25) is 13.3 Å². The smallest absolute Gasteiger partial charge is 0.230 e. The molecule has 0 aliphatic heterocycles. The third-order valence-electron chi connectivity index (χ3n) is 5.77. The molecule has 40 heavy (non-hydrogen) atoms. The fraction of sp³-hybridized carbons (Fsp3) is 0.962. The predicted molar refractivity (Wildman–Crippen MR) is 151 cm³/mol. The second kappa shape index (κ2) is 25.9. The predicted octanol–water partition coefficient (Wildman–Crippen LogP) is 3.18. The Labute approximate surface area is 239 Å². The minimum absolute atomic E-state index is 0.0209. The van der Waals surface area contributed by atoms with Gasteiger partial charge in [-0.05, 0) is 50.2 Å². The number of halogens is 1. The topological polar surface area (TPSA) is 148 Å². The fourth-order valence-electron chi connectivity index (χ4n) is 3.03. The summed E-state index contributed by atoms with van der Waals surface area (Å²) >= 11 is 0. The van der Waals surface area contributed by atoms with Gasteiger partial charge in [0.05, 0.1) is 32.5 Å². The standard InChI is InChI=1S/C26H55FN3O9P/c1-23(2)26(33)28-12-6-5-7-18-37-29-13-8-15-35-16-9-14-30(27)38-19-10-17-36-20-11-25(32)21-39-40(34,22-31)24(3)4/h23-25,29,31-32H,5-22H2,1-4H3,(H,28,33). The number of unbranched alkanes of at least 4 members (excludes halogenated alkanes) is 2. The molecule has 0 heterocycles. The number of ether oxygens (including phenoxy) is 2. The molecule has 0 radical (unpaired) electrons. The summed E-state index contributed by atoms with van der Waals surface area (Å²) < 4.78 is 42.0. The molecule has 0 saturated heterocycles. The number of nitrogens with zero attached hydrogens (tertiary/aromatic N) is 1. The monoisotopic (exact) mass is 603 g/mol. The molecule has 0 spiro atoms. The van der Waals surface area contributed by atoms with Crippen molar-refractivity contribution in [2.45, 2.75) is 84.4 Å². The number of hydrogen-bond donors (Lipinski definition) is 4. The van der Waals surface area contributed by atoms with Crippen molar-refractivity contribution in [3.63, 3.8) is 0 Å². The van der Waals surface area contributed by atoms with Gasteiger partial charge in [-0.1, -0.05) is 27.7 Å². The van der Waals surface area contributed by atoms with Gasteiger partial charge in [0.15, 0.2) is 0 Å². The van der Waals surface area contributed by atoms with E-state index in [9.17, 15) is 24.1 Å².